The lowest BCUT2D eigenvalue weighted by molar-refractivity contribution is -0.140. The molecule has 0 bridgehead atoms. The maximum Gasteiger partial charge on any atom is 0.239 e. The Hall–Kier alpha value is -3.13. The van der Waals surface area contributed by atoms with Gasteiger partial charge in [-0.2, -0.15) is 0 Å². The minimum absolute atomic E-state index is 0.0994. The largest absolute Gasteiger partial charge is 0.497 e. The van der Waals surface area contributed by atoms with Crippen molar-refractivity contribution >= 4 is 23.6 Å². The average Bonchev–Trinajstić information content (AvgIpc) is 3.39. The van der Waals surface area contributed by atoms with Gasteiger partial charge in [-0.05, 0) is 37.6 Å². The number of amides is 2. The van der Waals surface area contributed by atoms with E-state index in [1.165, 1.54) is 16.7 Å². The van der Waals surface area contributed by atoms with Gasteiger partial charge >= 0.3 is 0 Å². The van der Waals surface area contributed by atoms with Crippen LogP contribution in [-0.4, -0.2) is 50.9 Å². The van der Waals surface area contributed by atoms with Crippen LogP contribution in [0.25, 0.3) is 17.1 Å². The summed E-state index contributed by atoms with van der Waals surface area (Å²) >= 11 is 1.28. The number of nitrogens with zero attached hydrogens (tertiary/aromatic N) is 4. The lowest BCUT2D eigenvalue weighted by atomic mass is 10.2. The fourth-order valence-electron chi connectivity index (χ4n) is 3.36. The molecule has 30 heavy (non-hydrogen) atoms. The molecule has 1 aliphatic heterocycles. The van der Waals surface area contributed by atoms with E-state index in [0.29, 0.717) is 23.9 Å². The number of aromatic nitrogens is 3. The topological polar surface area (TPSA) is 77.3 Å². The monoisotopic (exact) mass is 422 g/mol. The van der Waals surface area contributed by atoms with Crippen molar-refractivity contribution < 1.29 is 14.3 Å². The molecule has 3 aromatic rings. The minimum atomic E-state index is -0.191. The molecule has 1 fully saturated rings. The number of thioether (sulfide) groups is 1. The van der Waals surface area contributed by atoms with Gasteiger partial charge in [-0.1, -0.05) is 41.6 Å². The van der Waals surface area contributed by atoms with Gasteiger partial charge in [0, 0.05) is 24.2 Å². The van der Waals surface area contributed by atoms with Crippen LogP contribution in [0.15, 0.2) is 53.7 Å². The zero-order valence-electron chi connectivity index (χ0n) is 16.9. The molecule has 2 heterocycles. The summed E-state index contributed by atoms with van der Waals surface area (Å²) < 4.78 is 7.27. The van der Waals surface area contributed by atoms with Crippen molar-refractivity contribution in [3.8, 4) is 22.8 Å². The predicted molar refractivity (Wildman–Crippen MR) is 115 cm³/mol. The fraction of sp³-hybridized carbons (Fsp3) is 0.273. The number of imide groups is 1. The molecule has 7 nitrogen and oxygen atoms in total. The van der Waals surface area contributed by atoms with Crippen LogP contribution in [0.3, 0.4) is 0 Å². The molecular weight excluding hydrogens is 400 g/mol. The molecule has 1 aliphatic rings. The van der Waals surface area contributed by atoms with Gasteiger partial charge < -0.3 is 4.74 Å². The highest BCUT2D eigenvalue weighted by Crippen LogP contribution is 2.30. The standard InChI is InChI=1S/C22H22N4O3S/c1-15-8-10-17(11-9-15)26-21(16-5-3-6-18(13-16)29-2)23-24-22(26)30-14-20(28)25-12-4-7-19(25)27/h3,5-6,8-11,13H,4,7,12,14H2,1-2H3. The van der Waals surface area contributed by atoms with E-state index in [4.69, 9.17) is 4.74 Å². The quantitative estimate of drug-likeness (QED) is 0.566. The van der Waals surface area contributed by atoms with E-state index in [1.54, 1.807) is 7.11 Å². The van der Waals surface area contributed by atoms with Crippen molar-refractivity contribution in [1.29, 1.82) is 0 Å². The van der Waals surface area contributed by atoms with Gasteiger partial charge in [-0.15, -0.1) is 10.2 Å². The van der Waals surface area contributed by atoms with Crippen molar-refractivity contribution in [3.05, 3.63) is 54.1 Å². The Morgan fingerprint density at radius 2 is 1.97 bits per heavy atom. The van der Waals surface area contributed by atoms with Crippen LogP contribution in [0.1, 0.15) is 18.4 Å². The molecule has 2 aromatic carbocycles. The van der Waals surface area contributed by atoms with Crippen LogP contribution in [-0.2, 0) is 9.59 Å². The van der Waals surface area contributed by atoms with Gasteiger partial charge in [-0.25, -0.2) is 0 Å². The van der Waals surface area contributed by atoms with Crippen LogP contribution in [0.4, 0.5) is 0 Å². The molecule has 4 rings (SSSR count). The number of hydrogen-bond acceptors (Lipinski definition) is 6. The van der Waals surface area contributed by atoms with Crippen molar-refractivity contribution in [1.82, 2.24) is 19.7 Å². The number of carbonyl (C=O) groups is 2. The number of carbonyl (C=O) groups excluding carboxylic acids is 2. The summed E-state index contributed by atoms with van der Waals surface area (Å²) in [7, 11) is 1.62. The van der Waals surface area contributed by atoms with E-state index < -0.39 is 0 Å². The van der Waals surface area contributed by atoms with E-state index in [2.05, 4.69) is 10.2 Å². The molecule has 0 spiro atoms. The average molecular weight is 423 g/mol. The van der Waals surface area contributed by atoms with Gasteiger partial charge in [0.1, 0.15) is 5.75 Å². The zero-order valence-corrected chi connectivity index (χ0v) is 17.7. The Morgan fingerprint density at radius 3 is 2.67 bits per heavy atom. The second-order valence-corrected chi connectivity index (χ2v) is 7.98. The van der Waals surface area contributed by atoms with Gasteiger partial charge in [0.05, 0.1) is 12.9 Å². The van der Waals surface area contributed by atoms with Crippen molar-refractivity contribution in [2.75, 3.05) is 19.4 Å². The third kappa shape index (κ3) is 4.09. The number of methoxy groups -OCH3 is 1. The lowest BCUT2D eigenvalue weighted by Crippen LogP contribution is -2.33. The molecule has 0 aliphatic carbocycles. The van der Waals surface area contributed by atoms with Crippen molar-refractivity contribution in [2.24, 2.45) is 0 Å². The lowest BCUT2D eigenvalue weighted by Gasteiger charge is -2.14. The molecule has 154 valence electrons. The highest BCUT2D eigenvalue weighted by molar-refractivity contribution is 7.99. The molecule has 0 saturated carbocycles. The molecule has 8 heteroatoms. The smallest absolute Gasteiger partial charge is 0.239 e. The first-order chi connectivity index (χ1) is 14.6. The third-order valence-corrected chi connectivity index (χ3v) is 5.87. The van der Waals surface area contributed by atoms with Crippen LogP contribution in [0.5, 0.6) is 5.75 Å². The second kappa shape index (κ2) is 8.71. The molecule has 0 atom stereocenters. The maximum atomic E-state index is 12.5. The van der Waals surface area contributed by atoms with Crippen LogP contribution < -0.4 is 4.74 Å². The summed E-state index contributed by atoms with van der Waals surface area (Å²) in [4.78, 5) is 25.7. The van der Waals surface area contributed by atoms with Gasteiger partial charge in [-0.3, -0.25) is 19.1 Å². The number of hydrogen-bond donors (Lipinski definition) is 0. The summed E-state index contributed by atoms with van der Waals surface area (Å²) in [6, 6.07) is 15.7. The highest BCUT2D eigenvalue weighted by Gasteiger charge is 2.27. The van der Waals surface area contributed by atoms with Crippen LogP contribution in [0, 0.1) is 6.92 Å². The maximum absolute atomic E-state index is 12.5. The first-order valence-electron chi connectivity index (χ1n) is 9.69. The summed E-state index contributed by atoms with van der Waals surface area (Å²) in [6.07, 6.45) is 1.17. The predicted octanol–water partition coefficient (Wildman–Crippen LogP) is 3.49. The Balaban J connectivity index is 1.68. The Bertz CT molecular complexity index is 1080. The fourth-order valence-corrected chi connectivity index (χ4v) is 4.18. The summed E-state index contributed by atoms with van der Waals surface area (Å²) in [5.74, 6) is 1.22. The number of benzene rings is 2. The van der Waals surface area contributed by atoms with Gasteiger partial charge in [0.2, 0.25) is 11.8 Å². The number of aryl methyl sites for hydroxylation is 1. The van der Waals surface area contributed by atoms with E-state index in [-0.39, 0.29) is 17.6 Å². The number of ether oxygens (including phenoxy) is 1. The molecule has 0 radical (unpaired) electrons. The molecule has 1 aromatic heterocycles. The second-order valence-electron chi connectivity index (χ2n) is 7.04. The normalized spacial score (nSPS) is 13.7. The van der Waals surface area contributed by atoms with E-state index in [1.807, 2.05) is 60.0 Å². The molecule has 0 N–H and O–H groups in total. The van der Waals surface area contributed by atoms with Crippen LogP contribution in [0.2, 0.25) is 0 Å². The zero-order chi connectivity index (χ0) is 21.1. The van der Waals surface area contributed by atoms with Crippen molar-refractivity contribution in [3.63, 3.8) is 0 Å². The van der Waals surface area contributed by atoms with Gasteiger partial charge in [0.25, 0.3) is 0 Å². The summed E-state index contributed by atoms with van der Waals surface area (Å²) in [6.45, 7) is 2.53. The van der Waals surface area contributed by atoms with Gasteiger partial charge in [0.15, 0.2) is 11.0 Å². The number of likely N-dealkylation sites (tertiary alicyclic amines) is 1. The minimum Gasteiger partial charge on any atom is -0.497 e. The first-order valence-corrected chi connectivity index (χ1v) is 10.7. The molecular formula is C22H22N4O3S. The molecule has 0 unspecified atom stereocenters. The third-order valence-electron chi connectivity index (χ3n) is 4.95. The van der Waals surface area contributed by atoms with Crippen LogP contribution >= 0.6 is 11.8 Å². The van der Waals surface area contributed by atoms with Crippen molar-refractivity contribution in [2.45, 2.75) is 24.9 Å². The SMILES string of the molecule is COc1cccc(-c2nnc(SCC(=O)N3CCCC3=O)n2-c2ccc(C)cc2)c1. The Kier molecular flexibility index (Phi) is 5.85. The Morgan fingerprint density at radius 1 is 1.17 bits per heavy atom. The highest BCUT2D eigenvalue weighted by atomic mass is 32.2. The number of rotatable bonds is 6. The molecule has 2 amide bonds. The first kappa shape index (κ1) is 20.2. The molecule has 1 saturated heterocycles. The van der Waals surface area contributed by atoms with E-state index in [0.717, 1.165) is 29.0 Å². The van der Waals surface area contributed by atoms with E-state index in [9.17, 15) is 9.59 Å². The van der Waals surface area contributed by atoms with E-state index >= 15 is 0 Å². The summed E-state index contributed by atoms with van der Waals surface area (Å²) in [5.41, 5.74) is 2.90. The summed E-state index contributed by atoms with van der Waals surface area (Å²) in [5, 5.41) is 9.33. The Labute approximate surface area is 179 Å².